The molecule has 1 saturated heterocycles. The van der Waals surface area contributed by atoms with Gasteiger partial charge in [-0.15, -0.1) is 11.3 Å². The molecule has 3 aromatic heterocycles. The molecule has 0 saturated carbocycles. The van der Waals surface area contributed by atoms with E-state index in [0.717, 1.165) is 32.0 Å². The highest BCUT2D eigenvalue weighted by Gasteiger charge is 2.27. The molecule has 4 heterocycles. The maximum Gasteiger partial charge on any atom is 0.289 e. The fraction of sp³-hybridized carbons (Fsp3) is 0.261. The number of aromatic nitrogens is 2. The van der Waals surface area contributed by atoms with E-state index >= 15 is 0 Å². The van der Waals surface area contributed by atoms with E-state index in [1.165, 1.54) is 18.4 Å². The molecule has 0 bridgehead atoms. The first-order valence-electron chi connectivity index (χ1n) is 10.1. The second-order valence-corrected chi connectivity index (χ2v) is 8.77. The first-order valence-corrected chi connectivity index (χ1v) is 10.9. The van der Waals surface area contributed by atoms with Crippen LogP contribution in [0, 0.1) is 19.7 Å². The van der Waals surface area contributed by atoms with Crippen molar-refractivity contribution >= 4 is 33.3 Å². The van der Waals surface area contributed by atoms with Gasteiger partial charge < -0.3 is 14.2 Å². The van der Waals surface area contributed by atoms with Crippen molar-refractivity contribution in [3.63, 3.8) is 0 Å². The van der Waals surface area contributed by atoms with Crippen molar-refractivity contribution in [2.24, 2.45) is 0 Å². The number of nitrogens with zero attached hydrogens (tertiary/aromatic N) is 4. The number of rotatable bonds is 3. The first-order chi connectivity index (χ1) is 15.0. The van der Waals surface area contributed by atoms with Crippen molar-refractivity contribution in [3.05, 3.63) is 64.9 Å². The fourth-order valence-corrected chi connectivity index (χ4v) is 5.15. The highest BCUT2D eigenvalue weighted by Crippen LogP contribution is 2.42. The predicted octanol–water partition coefficient (Wildman–Crippen LogP) is 4.67. The Hall–Kier alpha value is -3.26. The molecule has 1 aromatic carbocycles. The summed E-state index contributed by atoms with van der Waals surface area (Å²) in [5, 5.41) is 0.991. The van der Waals surface area contributed by atoms with Gasteiger partial charge in [0, 0.05) is 36.6 Å². The van der Waals surface area contributed by atoms with Gasteiger partial charge in [-0.2, -0.15) is 0 Å². The van der Waals surface area contributed by atoms with Gasteiger partial charge in [-0.3, -0.25) is 4.79 Å². The topological polar surface area (TPSA) is 62.5 Å². The zero-order valence-electron chi connectivity index (χ0n) is 17.3. The van der Waals surface area contributed by atoms with Gasteiger partial charge >= 0.3 is 0 Å². The van der Waals surface area contributed by atoms with Crippen LogP contribution in [0.2, 0.25) is 0 Å². The number of carbonyl (C=O) groups excluding carboxylic acids is 1. The van der Waals surface area contributed by atoms with Crippen LogP contribution < -0.4 is 4.90 Å². The van der Waals surface area contributed by atoms with Gasteiger partial charge in [0.2, 0.25) is 0 Å². The molecule has 0 N–H and O–H groups in total. The van der Waals surface area contributed by atoms with Crippen molar-refractivity contribution < 1.29 is 13.6 Å². The zero-order valence-corrected chi connectivity index (χ0v) is 18.1. The number of hydrogen-bond acceptors (Lipinski definition) is 6. The number of amides is 1. The van der Waals surface area contributed by atoms with Crippen molar-refractivity contribution in [3.8, 4) is 11.1 Å². The zero-order chi connectivity index (χ0) is 21.5. The van der Waals surface area contributed by atoms with E-state index in [1.807, 2.05) is 6.92 Å². The van der Waals surface area contributed by atoms with E-state index in [0.29, 0.717) is 37.8 Å². The molecular weight excluding hydrogens is 415 g/mol. The maximum absolute atomic E-state index is 13.5. The number of furan rings is 1. The van der Waals surface area contributed by atoms with E-state index in [2.05, 4.69) is 16.8 Å². The number of benzene rings is 1. The summed E-state index contributed by atoms with van der Waals surface area (Å²) in [5.74, 6) is 1.60. The lowest BCUT2D eigenvalue weighted by atomic mass is 10.0. The molecular formula is C23H21FN4O2S. The lowest BCUT2D eigenvalue weighted by molar-refractivity contribution is 0.0714. The van der Waals surface area contributed by atoms with Crippen LogP contribution in [-0.2, 0) is 0 Å². The lowest BCUT2D eigenvalue weighted by Crippen LogP contribution is -2.49. The summed E-state index contributed by atoms with van der Waals surface area (Å²) in [7, 11) is 0. The number of piperazine rings is 1. The number of halogens is 1. The molecule has 6 nitrogen and oxygen atoms in total. The third-order valence-corrected chi connectivity index (χ3v) is 6.55. The SMILES string of the molecule is Cc1nc(N2CCN(C(=O)c3ccco3)CC2)c2c(-c3ccc(F)cc3)c(C)sc2n1. The van der Waals surface area contributed by atoms with Gasteiger partial charge in [0.15, 0.2) is 5.76 Å². The van der Waals surface area contributed by atoms with Crippen molar-refractivity contribution in [2.45, 2.75) is 13.8 Å². The van der Waals surface area contributed by atoms with Crippen LogP contribution in [0.5, 0.6) is 0 Å². The number of thiophene rings is 1. The Labute approximate surface area is 182 Å². The number of carbonyl (C=O) groups is 1. The first kappa shape index (κ1) is 19.7. The van der Waals surface area contributed by atoms with Crippen molar-refractivity contribution in [2.75, 3.05) is 31.1 Å². The Morgan fingerprint density at radius 3 is 2.48 bits per heavy atom. The van der Waals surface area contributed by atoms with E-state index < -0.39 is 0 Å². The van der Waals surface area contributed by atoms with Crippen LogP contribution in [0.1, 0.15) is 21.3 Å². The molecule has 4 aromatic rings. The quantitative estimate of drug-likeness (QED) is 0.467. The van der Waals surface area contributed by atoms with Crippen LogP contribution in [0.25, 0.3) is 21.3 Å². The van der Waals surface area contributed by atoms with Crippen molar-refractivity contribution in [1.82, 2.24) is 14.9 Å². The molecule has 0 atom stereocenters. The predicted molar refractivity (Wildman–Crippen MR) is 119 cm³/mol. The Balaban J connectivity index is 1.50. The average Bonchev–Trinajstić information content (AvgIpc) is 3.41. The number of hydrogen-bond donors (Lipinski definition) is 0. The van der Waals surface area contributed by atoms with Crippen LogP contribution in [0.3, 0.4) is 0 Å². The van der Waals surface area contributed by atoms with E-state index in [4.69, 9.17) is 9.40 Å². The highest BCUT2D eigenvalue weighted by atomic mass is 32.1. The largest absolute Gasteiger partial charge is 0.459 e. The van der Waals surface area contributed by atoms with E-state index in [9.17, 15) is 9.18 Å². The highest BCUT2D eigenvalue weighted by molar-refractivity contribution is 7.19. The van der Waals surface area contributed by atoms with Gasteiger partial charge in [0.25, 0.3) is 5.91 Å². The molecule has 158 valence electrons. The number of anilines is 1. The standard InChI is InChI=1S/C23H21FN4O2S/c1-14-19(16-5-7-17(24)8-6-16)20-21(25-15(2)26-22(20)31-14)27-9-11-28(12-10-27)23(29)18-4-3-13-30-18/h3-8,13H,9-12H2,1-2H3. The normalized spacial score (nSPS) is 14.4. The second kappa shape index (κ2) is 7.77. The summed E-state index contributed by atoms with van der Waals surface area (Å²) in [4.78, 5) is 28.1. The number of aryl methyl sites for hydroxylation is 2. The molecule has 1 amide bonds. The monoisotopic (exact) mass is 436 g/mol. The summed E-state index contributed by atoms with van der Waals surface area (Å²) in [6, 6.07) is 9.97. The van der Waals surface area contributed by atoms with Gasteiger partial charge in [0.05, 0.1) is 11.6 Å². The fourth-order valence-electron chi connectivity index (χ4n) is 4.07. The van der Waals surface area contributed by atoms with E-state index in [-0.39, 0.29) is 11.7 Å². The Morgan fingerprint density at radius 2 is 1.81 bits per heavy atom. The molecule has 0 aliphatic carbocycles. The van der Waals surface area contributed by atoms with Gasteiger partial charge in [-0.05, 0) is 43.7 Å². The number of fused-ring (bicyclic) bond motifs is 1. The van der Waals surface area contributed by atoms with Gasteiger partial charge in [-0.25, -0.2) is 14.4 Å². The summed E-state index contributed by atoms with van der Waals surface area (Å²) in [6.45, 7) is 6.44. The average molecular weight is 437 g/mol. The van der Waals surface area contributed by atoms with Crippen molar-refractivity contribution in [1.29, 1.82) is 0 Å². The molecule has 31 heavy (non-hydrogen) atoms. The minimum Gasteiger partial charge on any atom is -0.459 e. The third-order valence-electron chi connectivity index (χ3n) is 5.55. The third kappa shape index (κ3) is 3.57. The van der Waals surface area contributed by atoms with Crippen LogP contribution in [0.15, 0.2) is 47.1 Å². The molecule has 1 aliphatic heterocycles. The minimum atomic E-state index is -0.259. The Bertz CT molecular complexity index is 1240. The van der Waals surface area contributed by atoms with Crippen LogP contribution in [-0.4, -0.2) is 47.0 Å². The minimum absolute atomic E-state index is 0.0907. The van der Waals surface area contributed by atoms with Gasteiger partial charge in [0.1, 0.15) is 22.3 Å². The summed E-state index contributed by atoms with van der Waals surface area (Å²) in [6.07, 6.45) is 1.51. The Kier molecular flexibility index (Phi) is 4.94. The summed E-state index contributed by atoms with van der Waals surface area (Å²) in [5.41, 5.74) is 1.99. The molecule has 0 unspecified atom stereocenters. The van der Waals surface area contributed by atoms with Crippen LogP contribution >= 0.6 is 11.3 Å². The van der Waals surface area contributed by atoms with Gasteiger partial charge in [-0.1, -0.05) is 12.1 Å². The Morgan fingerprint density at radius 1 is 1.06 bits per heavy atom. The maximum atomic E-state index is 13.5. The lowest BCUT2D eigenvalue weighted by Gasteiger charge is -2.35. The molecule has 8 heteroatoms. The van der Waals surface area contributed by atoms with Crippen LogP contribution in [0.4, 0.5) is 10.2 Å². The molecule has 0 spiro atoms. The second-order valence-electron chi connectivity index (χ2n) is 7.57. The summed E-state index contributed by atoms with van der Waals surface area (Å²) >= 11 is 1.63. The molecule has 1 fully saturated rings. The summed E-state index contributed by atoms with van der Waals surface area (Å²) < 4.78 is 18.8. The molecule has 0 radical (unpaired) electrons. The van der Waals surface area contributed by atoms with E-state index in [1.54, 1.807) is 40.5 Å². The smallest absolute Gasteiger partial charge is 0.289 e. The molecule has 5 rings (SSSR count). The molecule has 1 aliphatic rings.